The van der Waals surface area contributed by atoms with E-state index >= 15 is 0 Å². The summed E-state index contributed by atoms with van der Waals surface area (Å²) in [6, 6.07) is 14.1. The fourth-order valence-corrected chi connectivity index (χ4v) is 4.04. The van der Waals surface area contributed by atoms with Gasteiger partial charge in [0, 0.05) is 37.2 Å². The Morgan fingerprint density at radius 3 is 2.66 bits per heavy atom. The molecule has 0 saturated carbocycles. The first-order chi connectivity index (χ1) is 16.7. The minimum absolute atomic E-state index is 0.00924. The van der Waals surface area contributed by atoms with Crippen LogP contribution in [0.25, 0.3) is 0 Å². The lowest BCUT2D eigenvalue weighted by Gasteiger charge is -2.29. The summed E-state index contributed by atoms with van der Waals surface area (Å²) >= 11 is 0. The quantitative estimate of drug-likeness (QED) is 0.422. The third-order valence-corrected chi connectivity index (χ3v) is 5.85. The largest absolute Gasteiger partial charge is 0.484 e. The van der Waals surface area contributed by atoms with Crippen molar-refractivity contribution in [2.45, 2.75) is 18.6 Å². The molecule has 0 saturated heterocycles. The number of pyridine rings is 1. The van der Waals surface area contributed by atoms with E-state index in [1.807, 2.05) is 24.1 Å². The molecular weight excluding hydrogens is 461 g/mol. The molecule has 0 spiro atoms. The number of hydrogen-bond donors (Lipinski definition) is 3. The summed E-state index contributed by atoms with van der Waals surface area (Å²) in [6.07, 6.45) is -0.586. The summed E-state index contributed by atoms with van der Waals surface area (Å²) in [4.78, 5) is 17.4. The Morgan fingerprint density at radius 1 is 1.20 bits per heavy atom. The Hall–Kier alpha value is -3.79. The number of carbonyl (C=O) groups is 1. The van der Waals surface area contributed by atoms with Gasteiger partial charge < -0.3 is 25.4 Å². The zero-order valence-corrected chi connectivity index (χ0v) is 19.0. The van der Waals surface area contributed by atoms with Crippen LogP contribution in [0.3, 0.4) is 0 Å². The molecule has 1 unspecified atom stereocenters. The Balaban J connectivity index is 1.45. The van der Waals surface area contributed by atoms with E-state index in [2.05, 4.69) is 21.7 Å². The Labute approximate surface area is 200 Å². The van der Waals surface area contributed by atoms with E-state index in [-0.39, 0.29) is 17.4 Å². The van der Waals surface area contributed by atoms with Gasteiger partial charge in [0.15, 0.2) is 6.61 Å². The molecule has 0 aliphatic carbocycles. The predicted octanol–water partition coefficient (Wildman–Crippen LogP) is 4.79. The lowest BCUT2D eigenvalue weighted by molar-refractivity contribution is -0.153. The lowest BCUT2D eigenvalue weighted by atomic mass is 9.93. The Kier molecular flexibility index (Phi) is 7.11. The molecule has 184 valence electrons. The number of aromatic carboxylic acids is 1. The number of carboxylic acids is 1. The van der Waals surface area contributed by atoms with E-state index in [9.17, 15) is 23.1 Å². The first-order valence-electron chi connectivity index (χ1n) is 11.0. The molecule has 0 bridgehead atoms. The molecule has 1 aliphatic rings. The van der Waals surface area contributed by atoms with Crippen LogP contribution >= 0.6 is 0 Å². The number of fused-ring (bicyclic) bond motifs is 1. The number of nitrogens with zero attached hydrogens (tertiary/aromatic N) is 2. The van der Waals surface area contributed by atoms with E-state index in [0.717, 1.165) is 29.9 Å². The topological polar surface area (TPSA) is 86.7 Å². The zero-order valence-electron chi connectivity index (χ0n) is 19.0. The van der Waals surface area contributed by atoms with E-state index in [1.165, 1.54) is 36.2 Å². The third kappa shape index (κ3) is 6.02. The van der Waals surface area contributed by atoms with Gasteiger partial charge in [0.25, 0.3) is 0 Å². The summed E-state index contributed by atoms with van der Waals surface area (Å²) < 4.78 is 41.8. The summed E-state index contributed by atoms with van der Waals surface area (Å²) in [5.41, 5.74) is 4.69. The number of anilines is 3. The van der Waals surface area contributed by atoms with Gasteiger partial charge in [-0.2, -0.15) is 13.2 Å². The minimum Gasteiger partial charge on any atom is -0.484 e. The number of benzene rings is 2. The molecule has 0 amide bonds. The van der Waals surface area contributed by atoms with E-state index in [1.54, 1.807) is 12.1 Å². The predicted molar refractivity (Wildman–Crippen MR) is 127 cm³/mol. The maximum atomic E-state index is 12.4. The number of ether oxygens (including phenoxy) is 1. The van der Waals surface area contributed by atoms with Crippen LogP contribution in [0.1, 0.15) is 27.5 Å². The molecule has 35 heavy (non-hydrogen) atoms. The SMILES string of the molecule is CN(c1ccc(OCC(F)(F)F)cc1)c1ccc2c(c1)CCNC2CNc1cnccc1C(=O)O. The molecule has 0 fully saturated rings. The van der Waals surface area contributed by atoms with Crippen molar-refractivity contribution in [2.24, 2.45) is 0 Å². The minimum atomic E-state index is -4.38. The van der Waals surface area contributed by atoms with Gasteiger partial charge in [0.05, 0.1) is 17.4 Å². The molecule has 3 aromatic rings. The average molecular weight is 486 g/mol. The smallest absolute Gasteiger partial charge is 0.422 e. The average Bonchev–Trinajstić information content (AvgIpc) is 2.85. The van der Waals surface area contributed by atoms with Crippen LogP contribution in [0, 0.1) is 0 Å². The molecule has 10 heteroatoms. The number of carboxylic acid groups (broad SMARTS) is 1. The van der Waals surface area contributed by atoms with Crippen molar-refractivity contribution in [3.05, 3.63) is 77.6 Å². The second-order valence-corrected chi connectivity index (χ2v) is 8.20. The molecule has 0 radical (unpaired) electrons. The number of halogens is 3. The molecule has 7 nitrogen and oxygen atoms in total. The summed E-state index contributed by atoms with van der Waals surface area (Å²) in [5.74, 6) is -0.856. The monoisotopic (exact) mass is 486 g/mol. The first kappa shape index (κ1) is 24.3. The van der Waals surface area contributed by atoms with Crippen LogP contribution in [-0.2, 0) is 6.42 Å². The molecule has 1 aromatic heterocycles. The highest BCUT2D eigenvalue weighted by Crippen LogP contribution is 2.31. The van der Waals surface area contributed by atoms with Gasteiger partial charge >= 0.3 is 12.1 Å². The molecule has 2 heterocycles. The van der Waals surface area contributed by atoms with Gasteiger partial charge in [-0.1, -0.05) is 6.07 Å². The van der Waals surface area contributed by atoms with E-state index in [4.69, 9.17) is 4.74 Å². The van der Waals surface area contributed by atoms with Crippen molar-refractivity contribution in [1.29, 1.82) is 0 Å². The van der Waals surface area contributed by atoms with Crippen LogP contribution in [0.5, 0.6) is 5.75 Å². The standard InChI is InChI=1S/C25H25F3N4O3/c1-32(17-2-5-19(6-3-17)35-15-25(26,27)28)18-4-7-20-16(12-18)8-11-30-23(20)14-31-22-13-29-10-9-21(22)24(33)34/h2-7,9-10,12-13,23,30-31H,8,11,14-15H2,1H3,(H,33,34). The van der Waals surface area contributed by atoms with Gasteiger partial charge in [0.1, 0.15) is 5.75 Å². The van der Waals surface area contributed by atoms with Crippen molar-refractivity contribution < 1.29 is 27.8 Å². The van der Waals surface area contributed by atoms with Gasteiger partial charge in [-0.25, -0.2) is 4.79 Å². The highest BCUT2D eigenvalue weighted by atomic mass is 19.4. The van der Waals surface area contributed by atoms with E-state index < -0.39 is 18.8 Å². The van der Waals surface area contributed by atoms with Crippen LogP contribution < -0.4 is 20.3 Å². The normalized spacial score (nSPS) is 15.3. The van der Waals surface area contributed by atoms with Crippen LogP contribution in [0.4, 0.5) is 30.2 Å². The Morgan fingerprint density at radius 2 is 1.94 bits per heavy atom. The molecule has 1 atom stereocenters. The summed E-state index contributed by atoms with van der Waals surface area (Å²) in [5, 5.41) is 16.0. The molecular formula is C25H25F3N4O3. The molecule has 2 aromatic carbocycles. The molecule has 4 rings (SSSR count). The van der Waals surface area contributed by atoms with Crippen LogP contribution in [0.15, 0.2) is 60.9 Å². The van der Waals surface area contributed by atoms with Gasteiger partial charge in [-0.3, -0.25) is 4.98 Å². The highest BCUT2D eigenvalue weighted by molar-refractivity contribution is 5.93. The second-order valence-electron chi connectivity index (χ2n) is 8.20. The fourth-order valence-electron chi connectivity index (χ4n) is 4.04. The molecule has 3 N–H and O–H groups in total. The van der Waals surface area contributed by atoms with Crippen molar-refractivity contribution in [2.75, 3.05) is 37.0 Å². The zero-order chi connectivity index (χ0) is 25.0. The maximum absolute atomic E-state index is 12.4. The first-order valence-corrected chi connectivity index (χ1v) is 11.0. The number of alkyl halides is 3. The second kappa shape index (κ2) is 10.2. The number of nitrogens with one attached hydrogen (secondary N) is 2. The number of rotatable bonds is 8. The third-order valence-electron chi connectivity index (χ3n) is 5.85. The van der Waals surface area contributed by atoms with Crippen molar-refractivity contribution in [3.63, 3.8) is 0 Å². The summed E-state index contributed by atoms with van der Waals surface area (Å²) in [7, 11) is 1.89. The van der Waals surface area contributed by atoms with Gasteiger partial charge in [-0.15, -0.1) is 0 Å². The highest BCUT2D eigenvalue weighted by Gasteiger charge is 2.28. The van der Waals surface area contributed by atoms with Crippen molar-refractivity contribution >= 4 is 23.0 Å². The van der Waals surface area contributed by atoms with Crippen molar-refractivity contribution in [3.8, 4) is 5.75 Å². The van der Waals surface area contributed by atoms with Gasteiger partial charge in [-0.05, 0) is 66.6 Å². The lowest BCUT2D eigenvalue weighted by Crippen LogP contribution is -2.34. The molecule has 1 aliphatic heterocycles. The fraction of sp³-hybridized carbons (Fsp3) is 0.280. The maximum Gasteiger partial charge on any atom is 0.422 e. The number of hydrogen-bond acceptors (Lipinski definition) is 6. The van der Waals surface area contributed by atoms with Crippen molar-refractivity contribution in [1.82, 2.24) is 10.3 Å². The van der Waals surface area contributed by atoms with Gasteiger partial charge in [0.2, 0.25) is 0 Å². The van der Waals surface area contributed by atoms with E-state index in [0.29, 0.717) is 12.2 Å². The van der Waals surface area contributed by atoms with Crippen LogP contribution in [0.2, 0.25) is 0 Å². The number of aromatic nitrogens is 1. The van der Waals surface area contributed by atoms with Crippen LogP contribution in [-0.4, -0.2) is 49.0 Å². The summed E-state index contributed by atoms with van der Waals surface area (Å²) in [6.45, 7) is -0.0560. The Bertz CT molecular complexity index is 1190.